The number of carbonyl (C=O) groups excluding carboxylic acids is 1. The lowest BCUT2D eigenvalue weighted by molar-refractivity contribution is -0.192. The van der Waals surface area contributed by atoms with E-state index in [4.69, 9.17) is 14.6 Å². The summed E-state index contributed by atoms with van der Waals surface area (Å²) < 4.78 is 79.7. The van der Waals surface area contributed by atoms with E-state index in [1.807, 2.05) is 30.3 Å². The fourth-order valence-corrected chi connectivity index (χ4v) is 5.01. The van der Waals surface area contributed by atoms with Crippen LogP contribution < -0.4 is 20.4 Å². The van der Waals surface area contributed by atoms with Crippen LogP contribution in [0.4, 0.5) is 32.0 Å². The Morgan fingerprint density at radius 3 is 2.45 bits per heavy atom. The largest absolute Gasteiger partial charge is 0.490 e. The summed E-state index contributed by atoms with van der Waals surface area (Å²) in [7, 11) is 0. The zero-order valence-electron chi connectivity index (χ0n) is 21.1. The van der Waals surface area contributed by atoms with E-state index >= 15 is 0 Å². The molecule has 8 nitrogen and oxygen atoms in total. The molecule has 3 aliphatic heterocycles. The second-order valence-electron chi connectivity index (χ2n) is 9.61. The highest BCUT2D eigenvalue weighted by Crippen LogP contribution is 2.46. The molecule has 3 N–H and O–H groups in total. The Kier molecular flexibility index (Phi) is 8.28. The third kappa shape index (κ3) is 6.49. The number of amidine groups is 1. The molecule has 0 spiro atoms. The minimum atomic E-state index is -5.08. The van der Waals surface area contributed by atoms with Crippen LogP contribution in [-0.4, -0.2) is 54.2 Å². The van der Waals surface area contributed by atoms with Gasteiger partial charge in [-0.25, -0.2) is 10.2 Å². The average Bonchev–Trinajstić information content (AvgIpc) is 2.90. The number of piperidine rings is 1. The van der Waals surface area contributed by atoms with Gasteiger partial charge >= 0.3 is 18.3 Å². The third-order valence-corrected chi connectivity index (χ3v) is 6.89. The van der Waals surface area contributed by atoms with Gasteiger partial charge in [-0.05, 0) is 61.9 Å². The highest BCUT2D eigenvalue weighted by molar-refractivity contribution is 6.09. The van der Waals surface area contributed by atoms with Crippen molar-refractivity contribution in [3.05, 3.63) is 59.2 Å². The lowest BCUT2D eigenvalue weighted by Gasteiger charge is -2.39. The molecule has 3 atom stereocenters. The molecule has 3 unspecified atom stereocenters. The molecule has 2 aromatic rings. The number of rotatable bonds is 3. The van der Waals surface area contributed by atoms with Gasteiger partial charge in [0.05, 0.1) is 11.3 Å². The van der Waals surface area contributed by atoms with Crippen LogP contribution in [0.2, 0.25) is 0 Å². The molecule has 1 fully saturated rings. The monoisotopic (exact) mass is 572 g/mol. The van der Waals surface area contributed by atoms with Gasteiger partial charge in [0.15, 0.2) is 5.84 Å². The molecule has 14 heteroatoms. The third-order valence-electron chi connectivity index (χ3n) is 6.89. The van der Waals surface area contributed by atoms with Crippen molar-refractivity contribution in [2.45, 2.75) is 56.5 Å². The second kappa shape index (κ2) is 11.4. The summed E-state index contributed by atoms with van der Waals surface area (Å²) in [6.07, 6.45) is -7.64. The van der Waals surface area contributed by atoms with Crippen molar-refractivity contribution in [2.75, 3.05) is 18.1 Å². The minimum absolute atomic E-state index is 0.000756. The lowest BCUT2D eigenvalue weighted by atomic mass is 9.81. The van der Waals surface area contributed by atoms with Gasteiger partial charge in [-0.3, -0.25) is 4.79 Å². The van der Waals surface area contributed by atoms with Gasteiger partial charge in [-0.2, -0.15) is 31.4 Å². The summed E-state index contributed by atoms with van der Waals surface area (Å²) in [4.78, 5) is 22.8. The Morgan fingerprint density at radius 2 is 1.82 bits per heavy atom. The standard InChI is InChI=1S/C24H25F3N4O2.C2HF3O2/c1-14-23(32)30-29-22-13-33-21-12-19(24(25,26)27)18(11-20(21)31(14)22)16-7-8-28-17(10-16)9-15-5-3-2-4-6-15;3-2(4,5)1(6)7/h2-6,11-12,14,16-17,28H,7-10,13H2,1H3,(H,30,32);(H,6,7). The van der Waals surface area contributed by atoms with E-state index < -0.39 is 29.9 Å². The van der Waals surface area contributed by atoms with Gasteiger partial charge in [-0.15, -0.1) is 0 Å². The fraction of sp³-hybridized carbons (Fsp3) is 0.423. The van der Waals surface area contributed by atoms with Crippen LogP contribution in [0.3, 0.4) is 0 Å². The molecule has 1 amide bonds. The summed E-state index contributed by atoms with van der Waals surface area (Å²) >= 11 is 0. The number of carboxylic acid groups (broad SMARTS) is 1. The number of carboxylic acids is 1. The number of alkyl halides is 6. The smallest absolute Gasteiger partial charge is 0.483 e. The number of halogens is 6. The Morgan fingerprint density at radius 1 is 1.15 bits per heavy atom. The molecule has 3 aliphatic rings. The number of ether oxygens (including phenoxy) is 1. The Labute approximate surface area is 225 Å². The number of nitrogens with zero attached hydrogens (tertiary/aromatic N) is 2. The quantitative estimate of drug-likeness (QED) is 0.470. The molecule has 0 aliphatic carbocycles. The Hall–Kier alpha value is -3.81. The summed E-state index contributed by atoms with van der Waals surface area (Å²) in [5, 5.41) is 14.6. The highest BCUT2D eigenvalue weighted by Gasteiger charge is 2.42. The number of hydrogen-bond acceptors (Lipinski definition) is 6. The molecular formula is C26H26F6N4O4. The van der Waals surface area contributed by atoms with Gasteiger partial charge in [0.2, 0.25) is 0 Å². The first-order valence-electron chi connectivity index (χ1n) is 12.4. The number of aliphatic carboxylic acids is 1. The number of fused-ring (bicyclic) bond motifs is 3. The topological polar surface area (TPSA) is 103 Å². The lowest BCUT2D eigenvalue weighted by Crippen LogP contribution is -2.55. The van der Waals surface area contributed by atoms with Crippen molar-refractivity contribution in [2.24, 2.45) is 5.10 Å². The summed E-state index contributed by atoms with van der Waals surface area (Å²) in [5.41, 5.74) is 3.65. The van der Waals surface area contributed by atoms with Crippen LogP contribution >= 0.6 is 0 Å². The number of benzene rings is 2. The molecule has 5 rings (SSSR count). The molecular weight excluding hydrogens is 546 g/mol. The van der Waals surface area contributed by atoms with E-state index in [2.05, 4.69) is 15.8 Å². The fourth-order valence-electron chi connectivity index (χ4n) is 5.01. The van der Waals surface area contributed by atoms with Gasteiger partial charge in [-0.1, -0.05) is 30.3 Å². The SMILES string of the molecule is CC1C(=O)NN=C2COc3cc(C(F)(F)F)c(C4CCNC(Cc5ccccc5)C4)cc3N21.O=C(O)C(F)(F)F. The summed E-state index contributed by atoms with van der Waals surface area (Å²) in [6, 6.07) is 12.1. The van der Waals surface area contributed by atoms with Crippen LogP contribution in [0, 0.1) is 0 Å². The molecule has 0 aromatic heterocycles. The zero-order chi connectivity index (χ0) is 29.2. The molecule has 40 heavy (non-hydrogen) atoms. The number of amides is 1. The Bertz CT molecular complexity index is 1280. The predicted octanol–water partition coefficient (Wildman–Crippen LogP) is 4.45. The van der Waals surface area contributed by atoms with Crippen LogP contribution in [0.1, 0.15) is 42.4 Å². The molecule has 0 bridgehead atoms. The number of nitrogens with one attached hydrogen (secondary N) is 2. The van der Waals surface area contributed by atoms with Gasteiger partial charge < -0.3 is 20.1 Å². The van der Waals surface area contributed by atoms with E-state index in [1.54, 1.807) is 17.9 Å². The van der Waals surface area contributed by atoms with Gasteiger partial charge in [0.1, 0.15) is 18.4 Å². The van der Waals surface area contributed by atoms with E-state index in [9.17, 15) is 31.1 Å². The first kappa shape index (κ1) is 29.2. The zero-order valence-corrected chi connectivity index (χ0v) is 21.1. The van der Waals surface area contributed by atoms with Gasteiger partial charge in [0, 0.05) is 6.04 Å². The van der Waals surface area contributed by atoms with Crippen molar-refractivity contribution in [1.82, 2.24) is 10.7 Å². The maximum Gasteiger partial charge on any atom is 0.490 e. The Balaban J connectivity index is 0.000000470. The van der Waals surface area contributed by atoms with Crippen LogP contribution in [0.25, 0.3) is 0 Å². The van der Waals surface area contributed by atoms with Crippen LogP contribution in [0.15, 0.2) is 47.6 Å². The number of hydrogen-bond donors (Lipinski definition) is 3. The number of anilines is 1. The van der Waals surface area contributed by atoms with Gasteiger partial charge in [0.25, 0.3) is 5.91 Å². The average molecular weight is 573 g/mol. The molecule has 0 saturated carbocycles. The van der Waals surface area contributed by atoms with E-state index in [1.165, 1.54) is 0 Å². The van der Waals surface area contributed by atoms with E-state index in [-0.39, 0.29) is 35.8 Å². The first-order chi connectivity index (χ1) is 18.8. The maximum atomic E-state index is 14.1. The molecule has 3 heterocycles. The van der Waals surface area contributed by atoms with Crippen molar-refractivity contribution in [3.63, 3.8) is 0 Å². The van der Waals surface area contributed by atoms with Crippen molar-refractivity contribution in [1.29, 1.82) is 0 Å². The molecule has 0 radical (unpaired) electrons. The first-order valence-corrected chi connectivity index (χ1v) is 12.4. The highest BCUT2D eigenvalue weighted by atomic mass is 19.4. The van der Waals surface area contributed by atoms with Crippen molar-refractivity contribution < 1.29 is 45.8 Å². The molecule has 1 saturated heterocycles. The van der Waals surface area contributed by atoms with Crippen molar-refractivity contribution in [3.8, 4) is 5.75 Å². The van der Waals surface area contributed by atoms with E-state index in [0.29, 0.717) is 30.9 Å². The molecule has 2 aromatic carbocycles. The second-order valence-corrected chi connectivity index (χ2v) is 9.61. The predicted molar refractivity (Wildman–Crippen MR) is 132 cm³/mol. The normalized spacial score (nSPS) is 22.5. The summed E-state index contributed by atoms with van der Waals surface area (Å²) in [6.45, 7) is 2.35. The minimum Gasteiger partial charge on any atom is -0.483 e. The summed E-state index contributed by atoms with van der Waals surface area (Å²) in [5.74, 6) is -2.72. The number of hydrazone groups is 1. The van der Waals surface area contributed by atoms with Crippen LogP contribution in [-0.2, 0) is 22.2 Å². The molecule has 216 valence electrons. The number of carbonyl (C=O) groups is 2. The van der Waals surface area contributed by atoms with Crippen molar-refractivity contribution >= 4 is 23.4 Å². The van der Waals surface area contributed by atoms with E-state index in [0.717, 1.165) is 18.1 Å². The maximum absolute atomic E-state index is 14.1. The van der Waals surface area contributed by atoms with Crippen LogP contribution in [0.5, 0.6) is 5.75 Å².